The lowest BCUT2D eigenvalue weighted by Crippen LogP contribution is -2.52. The summed E-state index contributed by atoms with van der Waals surface area (Å²) in [6.07, 6.45) is -4.80. The van der Waals surface area contributed by atoms with Gasteiger partial charge in [0.1, 0.15) is 17.5 Å². The first-order valence-electron chi connectivity index (χ1n) is 10.9. The third-order valence-corrected chi connectivity index (χ3v) is 6.93. The molecule has 3 N–H and O–H groups in total. The Labute approximate surface area is 217 Å². The predicted molar refractivity (Wildman–Crippen MR) is 133 cm³/mol. The molecule has 2 aromatic heterocycles. The molecule has 1 fully saturated rings. The van der Waals surface area contributed by atoms with Gasteiger partial charge >= 0.3 is 6.18 Å². The Bertz CT molecular complexity index is 1370. The standard InChI is InChI=1S/C23H23F4N5O3S.ClH/c1-14-5-6-15(24)11-17(14)22-18(23(25,26)27)7-8-19(29-22)31-36(34,35)21-4-2-3-20(30-21)32-10-9-28-16(12-32)13-33;/h2-8,11,16,28,33H,9-10,12-13H2,1H3,(H,29,31);1H. The van der Waals surface area contributed by atoms with Crippen LogP contribution in [0.4, 0.5) is 29.2 Å². The monoisotopic (exact) mass is 561 g/mol. The number of hydrogen-bond acceptors (Lipinski definition) is 7. The fourth-order valence-electron chi connectivity index (χ4n) is 3.87. The fourth-order valence-corrected chi connectivity index (χ4v) is 4.84. The van der Waals surface area contributed by atoms with E-state index in [0.717, 1.165) is 18.2 Å². The van der Waals surface area contributed by atoms with Crippen molar-refractivity contribution < 1.29 is 31.1 Å². The van der Waals surface area contributed by atoms with E-state index in [1.807, 2.05) is 4.90 Å². The second kappa shape index (κ2) is 11.2. The quantitative estimate of drug-likeness (QED) is 0.395. The van der Waals surface area contributed by atoms with Gasteiger partial charge in [0, 0.05) is 31.2 Å². The summed E-state index contributed by atoms with van der Waals surface area (Å²) in [6.45, 7) is 2.93. The Hall–Kier alpha value is -3.00. The molecule has 0 aliphatic carbocycles. The van der Waals surface area contributed by atoms with Crippen LogP contribution in [0, 0.1) is 12.7 Å². The molecule has 0 radical (unpaired) electrons. The molecular formula is C23H24ClF4N5O3S. The highest BCUT2D eigenvalue weighted by molar-refractivity contribution is 7.92. The van der Waals surface area contributed by atoms with Crippen LogP contribution in [0.5, 0.6) is 0 Å². The van der Waals surface area contributed by atoms with Gasteiger partial charge in [-0.3, -0.25) is 4.72 Å². The van der Waals surface area contributed by atoms with Crippen LogP contribution in [0.3, 0.4) is 0 Å². The average Bonchev–Trinajstić information content (AvgIpc) is 2.84. The van der Waals surface area contributed by atoms with Crippen LogP contribution < -0.4 is 14.9 Å². The van der Waals surface area contributed by atoms with E-state index < -0.39 is 33.3 Å². The molecule has 14 heteroatoms. The van der Waals surface area contributed by atoms with Crippen molar-refractivity contribution in [3.63, 3.8) is 0 Å². The molecule has 0 bridgehead atoms. The maximum absolute atomic E-state index is 13.8. The van der Waals surface area contributed by atoms with Crippen LogP contribution in [0.15, 0.2) is 53.6 Å². The zero-order valence-electron chi connectivity index (χ0n) is 19.5. The van der Waals surface area contributed by atoms with Crippen LogP contribution in [-0.4, -0.2) is 55.8 Å². The second-order valence-corrected chi connectivity index (χ2v) is 9.90. The summed E-state index contributed by atoms with van der Waals surface area (Å²) in [5.41, 5.74) is -1.50. The normalized spacial score (nSPS) is 16.3. The number of aliphatic hydroxyl groups is 1. The number of hydrogen-bond donors (Lipinski definition) is 3. The van der Waals surface area contributed by atoms with Gasteiger partial charge in [-0.2, -0.15) is 21.6 Å². The van der Waals surface area contributed by atoms with E-state index in [2.05, 4.69) is 20.0 Å². The summed E-state index contributed by atoms with van der Waals surface area (Å²) >= 11 is 0. The molecule has 1 unspecified atom stereocenters. The van der Waals surface area contributed by atoms with Gasteiger partial charge in [-0.05, 0) is 48.9 Å². The SMILES string of the molecule is Cc1ccc(F)cc1-c1nc(NS(=O)(=O)c2cccc(N3CCNC(CO)C3)n2)ccc1C(F)(F)F.Cl. The zero-order valence-corrected chi connectivity index (χ0v) is 21.1. The first-order valence-corrected chi connectivity index (χ1v) is 12.4. The predicted octanol–water partition coefficient (Wildman–Crippen LogP) is 3.60. The van der Waals surface area contributed by atoms with E-state index >= 15 is 0 Å². The first kappa shape index (κ1) is 28.6. The average molecular weight is 562 g/mol. The van der Waals surface area contributed by atoms with Gasteiger partial charge in [0.05, 0.1) is 17.9 Å². The highest BCUT2D eigenvalue weighted by atomic mass is 35.5. The summed E-state index contributed by atoms with van der Waals surface area (Å²) in [6, 6.07) is 9.11. The number of piperazine rings is 1. The minimum atomic E-state index is -4.80. The molecule has 0 amide bonds. The van der Waals surface area contributed by atoms with E-state index in [1.54, 1.807) is 6.07 Å². The molecule has 0 saturated carbocycles. The number of anilines is 2. The van der Waals surface area contributed by atoms with Crippen molar-refractivity contribution in [2.75, 3.05) is 35.9 Å². The number of aliphatic hydroxyl groups excluding tert-OH is 1. The largest absolute Gasteiger partial charge is 0.418 e. The van der Waals surface area contributed by atoms with Crippen LogP contribution in [0.25, 0.3) is 11.3 Å². The van der Waals surface area contributed by atoms with E-state index in [4.69, 9.17) is 0 Å². The van der Waals surface area contributed by atoms with Crippen LogP contribution in [-0.2, 0) is 16.2 Å². The van der Waals surface area contributed by atoms with Crippen molar-refractivity contribution >= 4 is 34.1 Å². The van der Waals surface area contributed by atoms with Gasteiger partial charge in [0.2, 0.25) is 0 Å². The van der Waals surface area contributed by atoms with Crippen molar-refractivity contribution in [1.82, 2.24) is 15.3 Å². The molecule has 3 aromatic rings. The summed E-state index contributed by atoms with van der Waals surface area (Å²) in [7, 11) is -4.33. The highest BCUT2D eigenvalue weighted by Gasteiger charge is 2.35. The minimum absolute atomic E-state index is 0. The van der Waals surface area contributed by atoms with Gasteiger partial charge in [-0.1, -0.05) is 12.1 Å². The zero-order chi connectivity index (χ0) is 26.1. The Balaban J connectivity index is 0.00000380. The van der Waals surface area contributed by atoms with E-state index in [9.17, 15) is 31.1 Å². The number of aryl methyl sites for hydroxylation is 1. The number of sulfonamides is 1. The highest BCUT2D eigenvalue weighted by Crippen LogP contribution is 2.38. The Morgan fingerprint density at radius 1 is 1.16 bits per heavy atom. The number of alkyl halides is 3. The summed E-state index contributed by atoms with van der Waals surface area (Å²) in [5, 5.41) is 12.2. The molecule has 200 valence electrons. The Morgan fingerprint density at radius 2 is 1.92 bits per heavy atom. The number of aromatic nitrogens is 2. The minimum Gasteiger partial charge on any atom is -0.395 e. The molecule has 37 heavy (non-hydrogen) atoms. The topological polar surface area (TPSA) is 107 Å². The molecule has 1 saturated heterocycles. The number of benzene rings is 1. The Kier molecular flexibility index (Phi) is 8.63. The molecular weight excluding hydrogens is 538 g/mol. The van der Waals surface area contributed by atoms with E-state index in [-0.39, 0.29) is 41.5 Å². The second-order valence-electron chi connectivity index (χ2n) is 8.27. The van der Waals surface area contributed by atoms with Crippen molar-refractivity contribution in [2.24, 2.45) is 0 Å². The molecule has 1 atom stereocenters. The fraction of sp³-hybridized carbons (Fsp3) is 0.304. The van der Waals surface area contributed by atoms with E-state index in [0.29, 0.717) is 37.1 Å². The molecule has 3 heterocycles. The van der Waals surface area contributed by atoms with E-state index in [1.165, 1.54) is 25.1 Å². The lowest BCUT2D eigenvalue weighted by molar-refractivity contribution is -0.137. The molecule has 1 aliphatic rings. The third kappa shape index (κ3) is 6.47. The third-order valence-electron chi connectivity index (χ3n) is 5.68. The summed E-state index contributed by atoms with van der Waals surface area (Å²) < 4.78 is 83.1. The van der Waals surface area contributed by atoms with Crippen molar-refractivity contribution in [3.05, 3.63) is 65.5 Å². The number of pyridine rings is 2. The molecule has 8 nitrogen and oxygen atoms in total. The van der Waals surface area contributed by atoms with Gasteiger partial charge in [-0.25, -0.2) is 14.4 Å². The van der Waals surface area contributed by atoms with Gasteiger partial charge < -0.3 is 15.3 Å². The van der Waals surface area contributed by atoms with Crippen LogP contribution in [0.2, 0.25) is 0 Å². The smallest absolute Gasteiger partial charge is 0.395 e. The number of rotatable bonds is 6. The molecule has 1 aliphatic heterocycles. The number of nitrogens with zero attached hydrogens (tertiary/aromatic N) is 3. The Morgan fingerprint density at radius 3 is 2.62 bits per heavy atom. The van der Waals surface area contributed by atoms with Crippen LogP contribution in [0.1, 0.15) is 11.1 Å². The lowest BCUT2D eigenvalue weighted by atomic mass is 10.0. The van der Waals surface area contributed by atoms with Gasteiger partial charge in [0.25, 0.3) is 10.0 Å². The lowest BCUT2D eigenvalue weighted by Gasteiger charge is -2.33. The van der Waals surface area contributed by atoms with Gasteiger partial charge in [-0.15, -0.1) is 12.4 Å². The van der Waals surface area contributed by atoms with Gasteiger partial charge in [0.15, 0.2) is 5.03 Å². The molecule has 4 rings (SSSR count). The molecule has 0 spiro atoms. The first-order chi connectivity index (χ1) is 17.0. The maximum Gasteiger partial charge on any atom is 0.418 e. The van der Waals surface area contributed by atoms with Crippen molar-refractivity contribution in [3.8, 4) is 11.3 Å². The van der Waals surface area contributed by atoms with Crippen molar-refractivity contribution in [2.45, 2.75) is 24.2 Å². The molecule has 1 aromatic carbocycles. The van der Waals surface area contributed by atoms with Crippen LogP contribution >= 0.6 is 12.4 Å². The van der Waals surface area contributed by atoms with Crippen molar-refractivity contribution in [1.29, 1.82) is 0 Å². The number of nitrogens with one attached hydrogen (secondary N) is 2. The maximum atomic E-state index is 13.8. The summed E-state index contributed by atoms with van der Waals surface area (Å²) in [4.78, 5) is 9.93. The number of halogens is 5. The summed E-state index contributed by atoms with van der Waals surface area (Å²) in [5.74, 6) is -0.764.